The van der Waals surface area contributed by atoms with Gasteiger partial charge < -0.3 is 20.6 Å². The van der Waals surface area contributed by atoms with E-state index in [1.807, 2.05) is 0 Å². The van der Waals surface area contributed by atoms with Gasteiger partial charge >= 0.3 is 12.0 Å². The summed E-state index contributed by atoms with van der Waals surface area (Å²) in [6, 6.07) is -2.03. The van der Waals surface area contributed by atoms with E-state index in [4.69, 9.17) is 0 Å². The number of carbonyl (C=O) groups excluding carboxylic acids is 2. The molecule has 21 heavy (non-hydrogen) atoms. The Morgan fingerprint density at radius 2 is 1.86 bits per heavy atom. The maximum atomic E-state index is 12.4. The van der Waals surface area contributed by atoms with Crippen LogP contribution in [0.25, 0.3) is 0 Å². The number of likely N-dealkylation sites (N-methyl/N-ethyl adjacent to an activating group) is 1. The van der Waals surface area contributed by atoms with E-state index in [9.17, 15) is 19.5 Å². The molecule has 2 atom stereocenters. The van der Waals surface area contributed by atoms with Gasteiger partial charge in [0.15, 0.2) is 0 Å². The summed E-state index contributed by atoms with van der Waals surface area (Å²) >= 11 is 0. The Kier molecular flexibility index (Phi) is 5.57. The van der Waals surface area contributed by atoms with Crippen LogP contribution in [-0.4, -0.2) is 53.6 Å². The second-order valence-corrected chi connectivity index (χ2v) is 6.41. The lowest BCUT2D eigenvalue weighted by Crippen LogP contribution is -2.59. The van der Waals surface area contributed by atoms with Crippen LogP contribution < -0.4 is 10.6 Å². The summed E-state index contributed by atoms with van der Waals surface area (Å²) in [6.07, 6.45) is 2.29. The van der Waals surface area contributed by atoms with Crippen LogP contribution in [0.4, 0.5) is 4.79 Å². The van der Waals surface area contributed by atoms with Crippen molar-refractivity contribution in [3.63, 3.8) is 0 Å². The minimum Gasteiger partial charge on any atom is -0.480 e. The van der Waals surface area contributed by atoms with Crippen molar-refractivity contribution in [2.45, 2.75) is 52.1 Å². The smallest absolute Gasteiger partial charge is 0.326 e. The molecule has 0 aromatic rings. The Morgan fingerprint density at radius 1 is 1.24 bits per heavy atom. The quantitative estimate of drug-likeness (QED) is 0.717. The van der Waals surface area contributed by atoms with Gasteiger partial charge in [-0.1, -0.05) is 20.8 Å². The largest absolute Gasteiger partial charge is 0.480 e. The number of carbonyl (C=O) groups is 3. The molecule has 1 heterocycles. The number of carboxylic acid groups (broad SMARTS) is 1. The molecule has 1 fully saturated rings. The average Bonchev–Trinajstić information content (AvgIpc) is 2.42. The van der Waals surface area contributed by atoms with E-state index in [-0.39, 0.29) is 5.91 Å². The van der Waals surface area contributed by atoms with E-state index in [1.54, 1.807) is 20.8 Å². The molecule has 0 aromatic heterocycles. The highest BCUT2D eigenvalue weighted by atomic mass is 16.4. The minimum absolute atomic E-state index is 0.215. The third-order valence-corrected chi connectivity index (χ3v) is 3.69. The zero-order chi connectivity index (χ0) is 16.2. The Morgan fingerprint density at radius 3 is 2.33 bits per heavy atom. The Balaban J connectivity index is 2.84. The van der Waals surface area contributed by atoms with Gasteiger partial charge in [0.25, 0.3) is 0 Å². The second-order valence-electron chi connectivity index (χ2n) is 6.41. The summed E-state index contributed by atoms with van der Waals surface area (Å²) in [7, 11) is 1.53. The summed E-state index contributed by atoms with van der Waals surface area (Å²) in [6.45, 7) is 5.70. The van der Waals surface area contributed by atoms with Crippen LogP contribution in [0.1, 0.15) is 40.0 Å². The molecular formula is C14H25N3O4. The first kappa shape index (κ1) is 17.3. The second kappa shape index (κ2) is 6.78. The highest BCUT2D eigenvalue weighted by molar-refractivity contribution is 5.89. The fourth-order valence-electron chi connectivity index (χ4n) is 2.47. The molecule has 1 aliphatic heterocycles. The highest BCUT2D eigenvalue weighted by Crippen LogP contribution is 2.22. The van der Waals surface area contributed by atoms with Crippen LogP contribution in [0.3, 0.4) is 0 Å². The van der Waals surface area contributed by atoms with E-state index in [1.165, 1.54) is 11.9 Å². The Hall–Kier alpha value is -1.79. The van der Waals surface area contributed by atoms with Crippen molar-refractivity contribution >= 4 is 17.9 Å². The SMILES string of the molecule is CNC(=O)C1CCCCN1C(=O)NC(C(=O)O)C(C)(C)C. The molecule has 1 aliphatic rings. The van der Waals surface area contributed by atoms with Gasteiger partial charge in [-0.25, -0.2) is 9.59 Å². The lowest BCUT2D eigenvalue weighted by atomic mass is 9.87. The zero-order valence-electron chi connectivity index (χ0n) is 13.1. The number of hydrogen-bond donors (Lipinski definition) is 3. The molecule has 0 saturated carbocycles. The zero-order valence-corrected chi connectivity index (χ0v) is 13.1. The van der Waals surface area contributed by atoms with Crippen LogP contribution in [0.5, 0.6) is 0 Å². The topological polar surface area (TPSA) is 98.7 Å². The van der Waals surface area contributed by atoms with Gasteiger partial charge in [0.1, 0.15) is 12.1 Å². The predicted molar refractivity (Wildman–Crippen MR) is 77.8 cm³/mol. The van der Waals surface area contributed by atoms with Crippen molar-refractivity contribution in [1.29, 1.82) is 0 Å². The molecule has 0 aromatic carbocycles. The predicted octanol–water partition coefficient (Wildman–Crippen LogP) is 0.796. The number of nitrogens with one attached hydrogen (secondary N) is 2. The highest BCUT2D eigenvalue weighted by Gasteiger charge is 2.37. The van der Waals surface area contributed by atoms with E-state index in [2.05, 4.69) is 10.6 Å². The van der Waals surface area contributed by atoms with Crippen molar-refractivity contribution in [2.24, 2.45) is 5.41 Å². The van der Waals surface area contributed by atoms with Gasteiger partial charge in [0.05, 0.1) is 0 Å². The summed E-state index contributed by atoms with van der Waals surface area (Å²) < 4.78 is 0. The fourth-order valence-corrected chi connectivity index (χ4v) is 2.47. The van der Waals surface area contributed by atoms with Crippen LogP contribution in [0, 0.1) is 5.41 Å². The average molecular weight is 299 g/mol. The fraction of sp³-hybridized carbons (Fsp3) is 0.786. The minimum atomic E-state index is -1.08. The van der Waals surface area contributed by atoms with E-state index < -0.39 is 29.5 Å². The van der Waals surface area contributed by atoms with Crippen molar-refractivity contribution in [3.8, 4) is 0 Å². The van der Waals surface area contributed by atoms with E-state index in [0.717, 1.165) is 12.8 Å². The molecule has 3 N–H and O–H groups in total. The number of urea groups is 1. The molecular weight excluding hydrogens is 274 g/mol. The van der Waals surface area contributed by atoms with E-state index >= 15 is 0 Å². The molecule has 0 spiro atoms. The third-order valence-electron chi connectivity index (χ3n) is 3.69. The molecule has 1 saturated heterocycles. The van der Waals surface area contributed by atoms with Crippen LogP contribution in [0.2, 0.25) is 0 Å². The molecule has 0 radical (unpaired) electrons. The maximum Gasteiger partial charge on any atom is 0.326 e. The van der Waals surface area contributed by atoms with Crippen molar-refractivity contribution in [3.05, 3.63) is 0 Å². The van der Waals surface area contributed by atoms with Crippen molar-refractivity contribution in [1.82, 2.24) is 15.5 Å². The summed E-state index contributed by atoms with van der Waals surface area (Å²) in [5.41, 5.74) is -0.611. The Bertz CT molecular complexity index is 417. The first-order chi connectivity index (χ1) is 9.68. The number of rotatable bonds is 3. The molecule has 1 rings (SSSR count). The first-order valence-corrected chi connectivity index (χ1v) is 7.20. The van der Waals surface area contributed by atoms with Gasteiger partial charge in [-0.2, -0.15) is 0 Å². The molecule has 0 aliphatic carbocycles. The molecule has 7 nitrogen and oxygen atoms in total. The maximum absolute atomic E-state index is 12.4. The number of likely N-dealkylation sites (tertiary alicyclic amines) is 1. The van der Waals surface area contributed by atoms with Crippen molar-refractivity contribution in [2.75, 3.05) is 13.6 Å². The lowest BCUT2D eigenvalue weighted by molar-refractivity contribution is -0.142. The molecule has 7 heteroatoms. The first-order valence-electron chi connectivity index (χ1n) is 7.20. The summed E-state index contributed by atoms with van der Waals surface area (Å²) in [4.78, 5) is 37.0. The Labute approximate surface area is 125 Å². The number of amides is 3. The van der Waals surface area contributed by atoms with E-state index in [0.29, 0.717) is 13.0 Å². The van der Waals surface area contributed by atoms with Gasteiger partial charge in [-0.05, 0) is 24.7 Å². The molecule has 3 amide bonds. The number of piperidine rings is 1. The van der Waals surface area contributed by atoms with Gasteiger partial charge in [0, 0.05) is 13.6 Å². The number of carboxylic acids is 1. The molecule has 120 valence electrons. The number of aliphatic carboxylic acids is 1. The van der Waals surface area contributed by atoms with Gasteiger partial charge in [-0.15, -0.1) is 0 Å². The van der Waals surface area contributed by atoms with Crippen LogP contribution in [-0.2, 0) is 9.59 Å². The standard InChI is InChI=1S/C14H25N3O4/c1-14(2,3)10(12(19)20)16-13(21)17-8-6-5-7-9(17)11(18)15-4/h9-10H,5-8H2,1-4H3,(H,15,18)(H,16,21)(H,19,20). The summed E-state index contributed by atoms with van der Waals surface area (Å²) in [5, 5.41) is 14.4. The molecule has 2 unspecified atom stereocenters. The van der Waals surface area contributed by atoms with Gasteiger partial charge in [0.2, 0.25) is 5.91 Å². The third kappa shape index (κ3) is 4.34. The van der Waals surface area contributed by atoms with Gasteiger partial charge in [-0.3, -0.25) is 4.79 Å². The number of nitrogens with zero attached hydrogens (tertiary/aromatic N) is 1. The monoisotopic (exact) mass is 299 g/mol. The lowest BCUT2D eigenvalue weighted by Gasteiger charge is -2.36. The van der Waals surface area contributed by atoms with Crippen LogP contribution >= 0.6 is 0 Å². The van der Waals surface area contributed by atoms with Crippen LogP contribution in [0.15, 0.2) is 0 Å². The molecule has 0 bridgehead atoms. The van der Waals surface area contributed by atoms with Crippen molar-refractivity contribution < 1.29 is 19.5 Å². The normalized spacial score (nSPS) is 20.6. The summed E-state index contributed by atoms with van der Waals surface area (Å²) in [5.74, 6) is -1.29. The number of hydrogen-bond acceptors (Lipinski definition) is 3.